The maximum absolute atomic E-state index is 11.6. The molecule has 0 amide bonds. The van der Waals surface area contributed by atoms with Gasteiger partial charge in [0.1, 0.15) is 0 Å². The second-order valence-corrected chi connectivity index (χ2v) is 5.29. The van der Waals surface area contributed by atoms with Crippen LogP contribution in [-0.2, 0) is 10.0 Å². The van der Waals surface area contributed by atoms with Gasteiger partial charge in [0, 0.05) is 13.1 Å². The van der Waals surface area contributed by atoms with Crippen LogP contribution in [0.25, 0.3) is 0 Å². The molecule has 1 rings (SSSR count). The van der Waals surface area contributed by atoms with Gasteiger partial charge in [-0.1, -0.05) is 23.8 Å². The lowest BCUT2D eigenvalue weighted by Crippen LogP contribution is -2.36. The van der Waals surface area contributed by atoms with Crippen molar-refractivity contribution in [3.05, 3.63) is 23.8 Å². The lowest BCUT2D eigenvalue weighted by Gasteiger charge is -2.15. The Morgan fingerprint density at radius 3 is 2.86 bits per heavy atom. The van der Waals surface area contributed by atoms with Gasteiger partial charge in [0.05, 0.1) is 5.25 Å². The van der Waals surface area contributed by atoms with E-state index in [2.05, 4.69) is 4.72 Å². The molecular formula is C9H16N2O2S. The fourth-order valence-corrected chi connectivity index (χ4v) is 2.50. The second-order valence-electron chi connectivity index (χ2n) is 3.31. The minimum atomic E-state index is -3.23. The summed E-state index contributed by atoms with van der Waals surface area (Å²) in [6.07, 6.45) is 6.01. The highest BCUT2D eigenvalue weighted by atomic mass is 32.2. The maximum Gasteiger partial charge on any atom is 0.218 e. The monoisotopic (exact) mass is 216 g/mol. The molecule has 0 aliphatic heterocycles. The summed E-state index contributed by atoms with van der Waals surface area (Å²) in [5.74, 6) is 0. The molecule has 0 aromatic rings. The minimum absolute atomic E-state index is 0.301. The first-order valence-electron chi connectivity index (χ1n) is 4.60. The zero-order chi connectivity index (χ0) is 10.6. The predicted molar refractivity (Wildman–Crippen MR) is 57.3 cm³/mol. The number of nitrogens with one attached hydrogen (secondary N) is 1. The Hall–Kier alpha value is -0.650. The van der Waals surface area contributed by atoms with Gasteiger partial charge in [-0.3, -0.25) is 0 Å². The summed E-state index contributed by atoms with van der Waals surface area (Å²) in [6, 6.07) is 0. The van der Waals surface area contributed by atoms with Gasteiger partial charge in [-0.05, 0) is 13.3 Å². The molecule has 14 heavy (non-hydrogen) atoms. The molecule has 0 saturated heterocycles. The lowest BCUT2D eigenvalue weighted by atomic mass is 10.1. The fraction of sp³-hybridized carbons (Fsp3) is 0.556. The van der Waals surface area contributed by atoms with Crippen LogP contribution >= 0.6 is 0 Å². The Balaban J connectivity index is 2.63. The summed E-state index contributed by atoms with van der Waals surface area (Å²) in [6.45, 7) is 2.58. The summed E-state index contributed by atoms with van der Waals surface area (Å²) in [5.41, 5.74) is 6.34. The van der Waals surface area contributed by atoms with E-state index >= 15 is 0 Å². The Bertz CT molecular complexity index is 344. The number of sulfonamides is 1. The highest BCUT2D eigenvalue weighted by Crippen LogP contribution is 2.15. The topological polar surface area (TPSA) is 72.2 Å². The van der Waals surface area contributed by atoms with Gasteiger partial charge >= 0.3 is 0 Å². The Labute approximate surface area is 84.9 Å². The van der Waals surface area contributed by atoms with Crippen molar-refractivity contribution in [2.45, 2.75) is 18.6 Å². The van der Waals surface area contributed by atoms with Crippen LogP contribution in [0.4, 0.5) is 0 Å². The van der Waals surface area contributed by atoms with Crippen LogP contribution in [0.5, 0.6) is 0 Å². The van der Waals surface area contributed by atoms with Gasteiger partial charge in [-0.25, -0.2) is 13.1 Å². The number of rotatable bonds is 4. The minimum Gasteiger partial charge on any atom is -0.329 e. The molecule has 0 saturated carbocycles. The van der Waals surface area contributed by atoms with Crippen molar-refractivity contribution in [1.82, 2.24) is 4.72 Å². The SMILES string of the molecule is CC1=CCC(S(=O)(=O)NCCN)C=C1. The molecule has 1 unspecified atom stereocenters. The zero-order valence-electron chi connectivity index (χ0n) is 8.23. The molecule has 0 fully saturated rings. The van der Waals surface area contributed by atoms with Crippen LogP contribution in [0.15, 0.2) is 23.8 Å². The molecule has 1 atom stereocenters. The summed E-state index contributed by atoms with van der Waals surface area (Å²) in [5, 5.41) is -0.447. The van der Waals surface area contributed by atoms with Gasteiger partial charge in [0.25, 0.3) is 0 Å². The molecule has 4 nitrogen and oxygen atoms in total. The van der Waals surface area contributed by atoms with Crippen LogP contribution in [-0.4, -0.2) is 26.8 Å². The third kappa shape index (κ3) is 2.94. The normalized spacial score (nSPS) is 22.1. The van der Waals surface area contributed by atoms with Crippen LogP contribution < -0.4 is 10.5 Å². The molecule has 0 spiro atoms. The third-order valence-electron chi connectivity index (χ3n) is 2.09. The summed E-state index contributed by atoms with van der Waals surface area (Å²) in [4.78, 5) is 0. The highest BCUT2D eigenvalue weighted by molar-refractivity contribution is 7.90. The maximum atomic E-state index is 11.6. The molecule has 0 heterocycles. The van der Waals surface area contributed by atoms with E-state index in [1.807, 2.05) is 19.1 Å². The average Bonchev–Trinajstić information content (AvgIpc) is 2.16. The van der Waals surface area contributed by atoms with E-state index in [1.54, 1.807) is 6.08 Å². The molecule has 0 radical (unpaired) electrons. The fourth-order valence-electron chi connectivity index (χ4n) is 1.25. The smallest absolute Gasteiger partial charge is 0.218 e. The summed E-state index contributed by atoms with van der Waals surface area (Å²) >= 11 is 0. The van der Waals surface area contributed by atoms with Crippen molar-refractivity contribution in [2.75, 3.05) is 13.1 Å². The first-order valence-corrected chi connectivity index (χ1v) is 6.14. The summed E-state index contributed by atoms with van der Waals surface area (Å²) < 4.78 is 25.7. The number of allylic oxidation sites excluding steroid dienone is 3. The van der Waals surface area contributed by atoms with Crippen molar-refractivity contribution in [1.29, 1.82) is 0 Å². The van der Waals surface area contributed by atoms with E-state index < -0.39 is 15.3 Å². The Morgan fingerprint density at radius 1 is 1.64 bits per heavy atom. The molecule has 0 aromatic heterocycles. The number of hydrogen-bond donors (Lipinski definition) is 2. The van der Waals surface area contributed by atoms with Gasteiger partial charge < -0.3 is 5.73 Å². The van der Waals surface area contributed by atoms with E-state index in [-0.39, 0.29) is 0 Å². The van der Waals surface area contributed by atoms with Crippen LogP contribution in [0.2, 0.25) is 0 Å². The van der Waals surface area contributed by atoms with E-state index in [0.717, 1.165) is 5.57 Å². The predicted octanol–water partition coefficient (Wildman–Crippen LogP) is 0.139. The molecule has 5 heteroatoms. The molecule has 3 N–H and O–H groups in total. The summed E-state index contributed by atoms with van der Waals surface area (Å²) in [7, 11) is -3.23. The van der Waals surface area contributed by atoms with Crippen molar-refractivity contribution in [2.24, 2.45) is 5.73 Å². The molecule has 80 valence electrons. The van der Waals surface area contributed by atoms with Crippen molar-refractivity contribution < 1.29 is 8.42 Å². The van der Waals surface area contributed by atoms with Crippen LogP contribution in [0.1, 0.15) is 13.3 Å². The zero-order valence-corrected chi connectivity index (χ0v) is 9.05. The first-order chi connectivity index (χ1) is 6.56. The Kier molecular flexibility index (Phi) is 3.86. The largest absolute Gasteiger partial charge is 0.329 e. The number of hydrogen-bond acceptors (Lipinski definition) is 3. The van der Waals surface area contributed by atoms with E-state index in [1.165, 1.54) is 0 Å². The average molecular weight is 216 g/mol. The molecule has 1 aliphatic rings. The third-order valence-corrected chi connectivity index (χ3v) is 3.85. The molecule has 1 aliphatic carbocycles. The van der Waals surface area contributed by atoms with Crippen LogP contribution in [0.3, 0.4) is 0 Å². The molecular weight excluding hydrogens is 200 g/mol. The van der Waals surface area contributed by atoms with Crippen LogP contribution in [0, 0.1) is 0 Å². The Morgan fingerprint density at radius 2 is 2.36 bits per heavy atom. The van der Waals surface area contributed by atoms with E-state index in [4.69, 9.17) is 5.73 Å². The van der Waals surface area contributed by atoms with E-state index in [0.29, 0.717) is 19.5 Å². The molecule has 0 aromatic carbocycles. The van der Waals surface area contributed by atoms with Gasteiger partial charge in [-0.15, -0.1) is 0 Å². The van der Waals surface area contributed by atoms with Crippen molar-refractivity contribution in [3.8, 4) is 0 Å². The standard InChI is InChI=1S/C9H16N2O2S/c1-8-2-4-9(5-3-8)14(12,13)11-7-6-10/h2-4,9,11H,5-7,10H2,1H3. The number of nitrogens with two attached hydrogens (primary N) is 1. The quantitative estimate of drug-likeness (QED) is 0.702. The highest BCUT2D eigenvalue weighted by Gasteiger charge is 2.22. The first kappa shape index (κ1) is 11.4. The molecule has 0 bridgehead atoms. The van der Waals surface area contributed by atoms with Crippen molar-refractivity contribution >= 4 is 10.0 Å². The van der Waals surface area contributed by atoms with Gasteiger partial charge in [-0.2, -0.15) is 0 Å². The lowest BCUT2D eigenvalue weighted by molar-refractivity contribution is 0.573. The van der Waals surface area contributed by atoms with Gasteiger partial charge in [0.2, 0.25) is 10.0 Å². The second kappa shape index (κ2) is 4.72. The van der Waals surface area contributed by atoms with Gasteiger partial charge in [0.15, 0.2) is 0 Å². The van der Waals surface area contributed by atoms with E-state index in [9.17, 15) is 8.42 Å². The van der Waals surface area contributed by atoms with Crippen molar-refractivity contribution in [3.63, 3.8) is 0 Å².